The molecule has 1 aliphatic heterocycles. The minimum absolute atomic E-state index is 0.0868. The molecule has 0 saturated carbocycles. The van der Waals surface area contributed by atoms with Gasteiger partial charge < -0.3 is 10.2 Å². The maximum absolute atomic E-state index is 11.2. The van der Waals surface area contributed by atoms with Gasteiger partial charge in [0.05, 0.1) is 0 Å². The predicted octanol–water partition coefficient (Wildman–Crippen LogP) is 8.58. The fraction of sp³-hybridized carbons (Fsp3) is 0.667. The Kier molecular flexibility index (Phi) is 10.1. The highest BCUT2D eigenvalue weighted by molar-refractivity contribution is 5.52. The number of rotatable bonds is 8. The normalized spacial score (nSPS) is 19.4. The van der Waals surface area contributed by atoms with Crippen LogP contribution in [-0.4, -0.2) is 45.2 Å². The third kappa shape index (κ3) is 6.87. The molecule has 2 N–H and O–H groups in total. The average Bonchev–Trinajstić information content (AvgIpc) is 2.84. The van der Waals surface area contributed by atoms with Gasteiger partial charge in [-0.05, 0) is 95.9 Å². The second-order valence-corrected chi connectivity index (χ2v) is 14.6. The molecule has 0 bridgehead atoms. The highest BCUT2D eigenvalue weighted by atomic mass is 16.3. The fourth-order valence-corrected chi connectivity index (χ4v) is 6.73. The van der Waals surface area contributed by atoms with Gasteiger partial charge in [0.2, 0.25) is 0 Å². The van der Waals surface area contributed by atoms with Gasteiger partial charge in [-0.3, -0.25) is 9.80 Å². The van der Waals surface area contributed by atoms with E-state index in [2.05, 4.69) is 105 Å². The largest absolute Gasteiger partial charge is 0.507 e. The van der Waals surface area contributed by atoms with Gasteiger partial charge in [-0.15, -0.1) is 0 Å². The maximum atomic E-state index is 11.2. The number of piperazine rings is 1. The third-order valence-corrected chi connectivity index (χ3v) is 9.31. The van der Waals surface area contributed by atoms with Crippen molar-refractivity contribution in [2.24, 2.45) is 0 Å². The Morgan fingerprint density at radius 3 is 1.25 bits per heavy atom. The van der Waals surface area contributed by atoms with Crippen molar-refractivity contribution < 1.29 is 10.2 Å². The van der Waals surface area contributed by atoms with E-state index in [1.807, 2.05) is 0 Å². The zero-order chi connectivity index (χ0) is 30.2. The van der Waals surface area contributed by atoms with Crippen LogP contribution in [0.4, 0.5) is 0 Å². The zero-order valence-corrected chi connectivity index (χ0v) is 27.8. The smallest absolute Gasteiger partial charge is 0.122 e. The number of aromatic hydroxyl groups is 2. The third-order valence-electron chi connectivity index (χ3n) is 9.31. The molecule has 4 nitrogen and oxygen atoms in total. The molecule has 1 heterocycles. The second-order valence-electron chi connectivity index (χ2n) is 14.6. The van der Waals surface area contributed by atoms with E-state index in [0.717, 1.165) is 74.1 Å². The van der Waals surface area contributed by atoms with Crippen molar-refractivity contribution in [3.63, 3.8) is 0 Å². The Morgan fingerprint density at radius 1 is 0.650 bits per heavy atom. The molecule has 2 atom stereocenters. The van der Waals surface area contributed by atoms with E-state index >= 15 is 0 Å². The van der Waals surface area contributed by atoms with Crippen molar-refractivity contribution in [3.8, 4) is 11.5 Å². The highest BCUT2D eigenvalue weighted by Crippen LogP contribution is 2.39. The number of phenols is 2. The lowest BCUT2D eigenvalue weighted by atomic mass is 9.82. The summed E-state index contributed by atoms with van der Waals surface area (Å²) in [5.74, 6) is 0.932. The Labute approximate surface area is 245 Å². The molecule has 0 aliphatic carbocycles. The first-order chi connectivity index (χ1) is 18.5. The lowest BCUT2D eigenvalue weighted by Crippen LogP contribution is -2.57. The predicted molar refractivity (Wildman–Crippen MR) is 171 cm³/mol. The summed E-state index contributed by atoms with van der Waals surface area (Å²) in [5.41, 5.74) is 9.11. The van der Waals surface area contributed by atoms with Gasteiger partial charge in [0.1, 0.15) is 11.5 Å². The van der Waals surface area contributed by atoms with Crippen LogP contribution in [0.15, 0.2) is 12.1 Å². The molecule has 0 aromatic heterocycles. The molecule has 4 heteroatoms. The Morgan fingerprint density at radius 2 is 0.975 bits per heavy atom. The minimum atomic E-state index is -0.0868. The molecule has 2 aromatic rings. The molecular formula is C36H58N2O2. The number of benzene rings is 2. The van der Waals surface area contributed by atoms with Gasteiger partial charge in [0, 0.05) is 38.3 Å². The van der Waals surface area contributed by atoms with E-state index in [0.29, 0.717) is 23.6 Å². The summed E-state index contributed by atoms with van der Waals surface area (Å²) < 4.78 is 0. The molecule has 2 unspecified atom stereocenters. The van der Waals surface area contributed by atoms with E-state index in [9.17, 15) is 10.2 Å². The van der Waals surface area contributed by atoms with Crippen LogP contribution in [0, 0.1) is 27.7 Å². The Balaban J connectivity index is 1.95. The van der Waals surface area contributed by atoms with Crippen LogP contribution in [0.25, 0.3) is 0 Å². The van der Waals surface area contributed by atoms with Crippen LogP contribution in [0.3, 0.4) is 0 Å². The minimum Gasteiger partial charge on any atom is -0.507 e. The van der Waals surface area contributed by atoms with Crippen molar-refractivity contribution in [1.82, 2.24) is 9.80 Å². The van der Waals surface area contributed by atoms with Gasteiger partial charge in [-0.2, -0.15) is 0 Å². The number of hydrogen-bond acceptors (Lipinski definition) is 4. The van der Waals surface area contributed by atoms with Crippen molar-refractivity contribution in [2.45, 2.75) is 145 Å². The topological polar surface area (TPSA) is 46.9 Å². The molecule has 0 spiro atoms. The van der Waals surface area contributed by atoms with E-state index < -0.39 is 0 Å². The summed E-state index contributed by atoms with van der Waals surface area (Å²) in [6.07, 6.45) is 4.62. The van der Waals surface area contributed by atoms with Crippen molar-refractivity contribution in [1.29, 1.82) is 0 Å². The van der Waals surface area contributed by atoms with Crippen LogP contribution >= 0.6 is 0 Å². The van der Waals surface area contributed by atoms with Crippen LogP contribution < -0.4 is 0 Å². The molecule has 2 aromatic carbocycles. The first-order valence-electron chi connectivity index (χ1n) is 15.6. The van der Waals surface area contributed by atoms with E-state index in [4.69, 9.17) is 0 Å². The maximum Gasteiger partial charge on any atom is 0.122 e. The quantitative estimate of drug-likeness (QED) is 0.345. The molecule has 0 amide bonds. The lowest BCUT2D eigenvalue weighted by Gasteiger charge is -2.47. The molecule has 1 saturated heterocycles. The van der Waals surface area contributed by atoms with E-state index in [1.165, 1.54) is 22.3 Å². The number of nitrogens with zero attached hydrogens (tertiary/aromatic N) is 2. The fourth-order valence-electron chi connectivity index (χ4n) is 6.73. The van der Waals surface area contributed by atoms with Crippen molar-refractivity contribution in [3.05, 3.63) is 56.6 Å². The Bertz CT molecular complexity index is 1090. The van der Waals surface area contributed by atoms with E-state index in [-0.39, 0.29) is 10.8 Å². The van der Waals surface area contributed by atoms with Crippen molar-refractivity contribution >= 4 is 0 Å². The van der Waals surface area contributed by atoms with Gasteiger partial charge in [-0.1, -0.05) is 80.4 Å². The summed E-state index contributed by atoms with van der Waals surface area (Å²) in [6.45, 7) is 30.1. The average molecular weight is 551 g/mol. The summed E-state index contributed by atoms with van der Waals surface area (Å²) >= 11 is 0. The molecule has 224 valence electrons. The van der Waals surface area contributed by atoms with Crippen LogP contribution in [0.5, 0.6) is 11.5 Å². The molecular weight excluding hydrogens is 492 g/mol. The zero-order valence-electron chi connectivity index (χ0n) is 27.8. The van der Waals surface area contributed by atoms with Crippen LogP contribution in [-0.2, 0) is 23.9 Å². The molecule has 0 radical (unpaired) electrons. The van der Waals surface area contributed by atoms with Crippen molar-refractivity contribution in [2.75, 3.05) is 13.1 Å². The number of phenolic OH excluding ortho intramolecular Hbond substituents is 2. The molecule has 40 heavy (non-hydrogen) atoms. The SMILES string of the molecule is CCCC1CN(Cc2c(C)cc(C(C)(C)C)c(O)c2C)C(CCC)CN1Cc1c(C)cc(C(C)(C)C)c(O)c1C. The van der Waals surface area contributed by atoms with Gasteiger partial charge in [-0.25, -0.2) is 0 Å². The first-order valence-corrected chi connectivity index (χ1v) is 15.6. The number of aryl methyl sites for hydroxylation is 2. The highest BCUT2D eigenvalue weighted by Gasteiger charge is 2.35. The van der Waals surface area contributed by atoms with Crippen LogP contribution in [0.2, 0.25) is 0 Å². The molecule has 3 rings (SSSR count). The standard InChI is InChI=1S/C36H58N2O2/c1-13-15-27-19-38(22-30-24(4)18-32(36(10,11)12)34(40)26(30)6)28(16-14-2)20-37(27)21-29-23(3)17-31(35(7,8)9)33(39)25(29)5/h17-18,27-28,39-40H,13-16,19-22H2,1-12H3. The van der Waals surface area contributed by atoms with E-state index in [1.54, 1.807) is 0 Å². The van der Waals surface area contributed by atoms with Crippen LogP contribution in [0.1, 0.15) is 126 Å². The molecule has 1 aliphatic rings. The number of hydrogen-bond donors (Lipinski definition) is 2. The van der Waals surface area contributed by atoms with Gasteiger partial charge >= 0.3 is 0 Å². The monoisotopic (exact) mass is 550 g/mol. The lowest BCUT2D eigenvalue weighted by molar-refractivity contribution is 0.0104. The molecule has 1 fully saturated rings. The first kappa shape index (κ1) is 32.5. The summed E-state index contributed by atoms with van der Waals surface area (Å²) in [4.78, 5) is 5.40. The summed E-state index contributed by atoms with van der Waals surface area (Å²) in [5, 5.41) is 22.4. The Hall–Kier alpha value is -2.04. The summed E-state index contributed by atoms with van der Waals surface area (Å²) in [7, 11) is 0. The summed E-state index contributed by atoms with van der Waals surface area (Å²) in [6, 6.07) is 5.35. The van der Waals surface area contributed by atoms with Gasteiger partial charge in [0.25, 0.3) is 0 Å². The second kappa shape index (κ2) is 12.4. The van der Waals surface area contributed by atoms with Gasteiger partial charge in [0.15, 0.2) is 0 Å².